The third kappa shape index (κ3) is 3.83. The molecule has 0 aliphatic carbocycles. The maximum atomic E-state index is 13.9. The highest BCUT2D eigenvalue weighted by Crippen LogP contribution is 2.48. The molecule has 3 rings (SSSR count). The van der Waals surface area contributed by atoms with Gasteiger partial charge in [-0.2, -0.15) is 0 Å². The zero-order valence-electron chi connectivity index (χ0n) is 16.2. The summed E-state index contributed by atoms with van der Waals surface area (Å²) in [5.74, 6) is -3.13. The molecule has 0 atom stereocenters. The van der Waals surface area contributed by atoms with Crippen LogP contribution in [0.4, 0.5) is 0 Å². The molecule has 0 radical (unpaired) electrons. The summed E-state index contributed by atoms with van der Waals surface area (Å²) in [5.41, 5.74) is -2.19. The fraction of sp³-hybridized carbons (Fsp3) is 0.130. The zero-order chi connectivity index (χ0) is 22.8. The van der Waals surface area contributed by atoms with Gasteiger partial charge in [-0.1, -0.05) is 12.1 Å². The van der Waals surface area contributed by atoms with Crippen LogP contribution < -0.4 is 0 Å². The summed E-state index contributed by atoms with van der Waals surface area (Å²) in [6, 6.07) is 10.3. The number of hydrogen-bond donors (Lipinski definition) is 6. The number of rotatable bonds is 7. The molecule has 160 valence electrons. The highest BCUT2D eigenvalue weighted by molar-refractivity contribution is 6.09. The average molecular weight is 424 g/mol. The van der Waals surface area contributed by atoms with Crippen LogP contribution in [0.1, 0.15) is 34.3 Å². The first-order valence-corrected chi connectivity index (χ1v) is 9.26. The second-order valence-corrected chi connectivity index (χ2v) is 7.04. The molecule has 0 saturated heterocycles. The third-order valence-corrected chi connectivity index (χ3v) is 5.13. The van der Waals surface area contributed by atoms with E-state index in [2.05, 4.69) is 0 Å². The molecule has 0 unspecified atom stereocenters. The molecule has 0 heterocycles. The van der Waals surface area contributed by atoms with Crippen molar-refractivity contribution < 1.29 is 40.2 Å². The van der Waals surface area contributed by atoms with Crippen molar-refractivity contribution >= 4 is 12.1 Å². The molecule has 0 bridgehead atoms. The monoisotopic (exact) mass is 424 g/mol. The molecule has 8 nitrogen and oxygen atoms in total. The third-order valence-electron chi connectivity index (χ3n) is 5.13. The number of aromatic hydroxyl groups is 6. The van der Waals surface area contributed by atoms with Crippen LogP contribution >= 0.6 is 0 Å². The van der Waals surface area contributed by atoms with Crippen LogP contribution in [0.15, 0.2) is 54.6 Å². The maximum Gasteiger partial charge on any atom is 0.181 e. The molecule has 3 aromatic carbocycles. The molecular weight excluding hydrogens is 404 g/mol. The van der Waals surface area contributed by atoms with Gasteiger partial charge in [-0.3, -0.25) is 4.79 Å². The number of phenolic OH excluding ortho intramolecular Hbond substituents is 6. The number of phenols is 6. The van der Waals surface area contributed by atoms with Crippen molar-refractivity contribution in [1.82, 2.24) is 0 Å². The van der Waals surface area contributed by atoms with Gasteiger partial charge >= 0.3 is 0 Å². The SMILES string of the molecule is O=CCCC(C(=O)c1ccc(O)cc1O)(c1ccc(O)cc1O)c1ccc(O)cc1O. The van der Waals surface area contributed by atoms with Crippen molar-refractivity contribution in [3.05, 3.63) is 71.3 Å². The largest absolute Gasteiger partial charge is 0.508 e. The van der Waals surface area contributed by atoms with Crippen molar-refractivity contribution in [1.29, 1.82) is 0 Å². The van der Waals surface area contributed by atoms with Crippen LogP contribution in [0, 0.1) is 0 Å². The summed E-state index contributed by atoms with van der Waals surface area (Å²) < 4.78 is 0. The lowest BCUT2D eigenvalue weighted by atomic mass is 9.66. The van der Waals surface area contributed by atoms with Crippen molar-refractivity contribution in [3.63, 3.8) is 0 Å². The molecule has 0 amide bonds. The molecule has 0 fully saturated rings. The Bertz CT molecular complexity index is 1100. The van der Waals surface area contributed by atoms with Gasteiger partial charge < -0.3 is 35.4 Å². The van der Waals surface area contributed by atoms with Crippen LogP contribution in [0.25, 0.3) is 0 Å². The lowest BCUT2D eigenvalue weighted by molar-refractivity contribution is -0.108. The number of carbonyl (C=O) groups excluding carboxylic acids is 2. The van der Waals surface area contributed by atoms with E-state index in [1.54, 1.807) is 0 Å². The van der Waals surface area contributed by atoms with Gasteiger partial charge in [0.15, 0.2) is 5.78 Å². The number of hydrogen-bond acceptors (Lipinski definition) is 8. The van der Waals surface area contributed by atoms with Crippen LogP contribution in [-0.2, 0) is 10.2 Å². The second-order valence-electron chi connectivity index (χ2n) is 7.04. The first-order chi connectivity index (χ1) is 14.7. The quantitative estimate of drug-likeness (QED) is 0.250. The van der Waals surface area contributed by atoms with Gasteiger partial charge in [0.25, 0.3) is 0 Å². The van der Waals surface area contributed by atoms with Gasteiger partial charge in [0.1, 0.15) is 40.8 Å². The van der Waals surface area contributed by atoms with Gasteiger partial charge in [-0.15, -0.1) is 0 Å². The Hall–Kier alpha value is -4.20. The second kappa shape index (κ2) is 8.27. The molecule has 6 N–H and O–H groups in total. The van der Waals surface area contributed by atoms with Gasteiger partial charge in [0.05, 0.1) is 11.0 Å². The molecular formula is C23H20O8. The Morgan fingerprint density at radius 1 is 0.710 bits per heavy atom. The van der Waals surface area contributed by atoms with Gasteiger partial charge in [0.2, 0.25) is 0 Å². The highest BCUT2D eigenvalue weighted by Gasteiger charge is 2.46. The molecule has 0 aliphatic rings. The van der Waals surface area contributed by atoms with E-state index in [1.807, 2.05) is 0 Å². The van der Waals surface area contributed by atoms with Gasteiger partial charge in [-0.25, -0.2) is 0 Å². The Labute approximate surface area is 176 Å². The molecule has 31 heavy (non-hydrogen) atoms. The predicted octanol–water partition coefficient (Wildman–Crippen LogP) is 3.07. The van der Waals surface area contributed by atoms with Crippen LogP contribution in [0.2, 0.25) is 0 Å². The van der Waals surface area contributed by atoms with Crippen molar-refractivity contribution in [2.75, 3.05) is 0 Å². The van der Waals surface area contributed by atoms with Crippen molar-refractivity contribution in [2.45, 2.75) is 18.3 Å². The number of ketones is 1. The molecule has 0 saturated carbocycles. The fourth-order valence-corrected chi connectivity index (χ4v) is 3.75. The lowest BCUT2D eigenvalue weighted by Gasteiger charge is -2.34. The number of benzene rings is 3. The molecule has 3 aromatic rings. The zero-order valence-corrected chi connectivity index (χ0v) is 16.2. The number of Topliss-reactive ketones (excluding diaryl/α,β-unsaturated/α-hetero) is 1. The van der Waals surface area contributed by atoms with E-state index in [-0.39, 0.29) is 46.8 Å². The molecule has 0 aliphatic heterocycles. The predicted molar refractivity (Wildman–Crippen MR) is 110 cm³/mol. The molecule has 0 spiro atoms. The average Bonchev–Trinajstić information content (AvgIpc) is 2.70. The first-order valence-electron chi connectivity index (χ1n) is 9.26. The van der Waals surface area contributed by atoms with Crippen molar-refractivity contribution in [3.8, 4) is 34.5 Å². The van der Waals surface area contributed by atoms with Crippen LogP contribution in [0.3, 0.4) is 0 Å². The van der Waals surface area contributed by atoms with E-state index < -0.39 is 28.4 Å². The summed E-state index contributed by atoms with van der Waals surface area (Å²) in [4.78, 5) is 25.1. The standard InChI is InChI=1S/C23H20O8/c24-9-1-8-23(17-6-3-14(26)11-20(17)29,18-7-4-15(27)12-21(18)30)22(31)16-5-2-13(25)10-19(16)28/h2-7,9-12,25-30H,1,8H2. The topological polar surface area (TPSA) is 156 Å². The van der Waals surface area contributed by atoms with E-state index in [0.29, 0.717) is 6.29 Å². The molecule has 0 aromatic heterocycles. The van der Waals surface area contributed by atoms with E-state index in [0.717, 1.165) is 18.2 Å². The maximum absolute atomic E-state index is 13.9. The minimum atomic E-state index is -1.88. The van der Waals surface area contributed by atoms with E-state index in [4.69, 9.17) is 0 Å². The van der Waals surface area contributed by atoms with Crippen LogP contribution in [0.5, 0.6) is 34.5 Å². The molecule has 8 heteroatoms. The Morgan fingerprint density at radius 2 is 1.16 bits per heavy atom. The Morgan fingerprint density at radius 3 is 1.58 bits per heavy atom. The first kappa shape index (κ1) is 21.5. The summed E-state index contributed by atoms with van der Waals surface area (Å²) in [6.07, 6.45) is 0.186. The number of carbonyl (C=O) groups is 2. The number of aldehydes is 1. The van der Waals surface area contributed by atoms with Crippen LogP contribution in [-0.4, -0.2) is 42.7 Å². The fourth-order valence-electron chi connectivity index (χ4n) is 3.75. The van der Waals surface area contributed by atoms with E-state index in [1.165, 1.54) is 36.4 Å². The summed E-state index contributed by atoms with van der Waals surface area (Å²) in [7, 11) is 0. The van der Waals surface area contributed by atoms with E-state index >= 15 is 0 Å². The van der Waals surface area contributed by atoms with Gasteiger partial charge in [0, 0.05) is 35.7 Å². The van der Waals surface area contributed by atoms with Gasteiger partial charge in [-0.05, 0) is 30.7 Å². The summed E-state index contributed by atoms with van der Waals surface area (Å²) >= 11 is 0. The Balaban J connectivity index is 2.41. The highest BCUT2D eigenvalue weighted by atomic mass is 16.3. The summed E-state index contributed by atoms with van der Waals surface area (Å²) in [5, 5.41) is 60.6. The lowest BCUT2D eigenvalue weighted by Crippen LogP contribution is -2.38. The van der Waals surface area contributed by atoms with E-state index in [9.17, 15) is 40.2 Å². The minimum Gasteiger partial charge on any atom is -0.508 e. The smallest absolute Gasteiger partial charge is 0.181 e. The van der Waals surface area contributed by atoms with Crippen molar-refractivity contribution in [2.24, 2.45) is 0 Å². The Kier molecular flexibility index (Phi) is 5.74. The minimum absolute atomic E-state index is 0.0365. The summed E-state index contributed by atoms with van der Waals surface area (Å²) in [6.45, 7) is 0. The normalized spacial score (nSPS) is 11.2.